The van der Waals surface area contributed by atoms with Gasteiger partial charge in [-0.15, -0.1) is 0 Å². The van der Waals surface area contributed by atoms with Crippen molar-refractivity contribution in [2.45, 2.75) is 6.54 Å². The van der Waals surface area contributed by atoms with Crippen LogP contribution in [0.5, 0.6) is 0 Å². The summed E-state index contributed by atoms with van der Waals surface area (Å²) in [5.41, 5.74) is 7.23. The van der Waals surface area contributed by atoms with Crippen molar-refractivity contribution in [1.29, 1.82) is 0 Å². The van der Waals surface area contributed by atoms with Crippen LogP contribution in [0.4, 0.5) is 5.69 Å². The van der Waals surface area contributed by atoms with Crippen molar-refractivity contribution >= 4 is 17.6 Å². The van der Waals surface area contributed by atoms with Crippen LogP contribution >= 0.6 is 0 Å². The molecule has 4 N–H and O–H groups in total. The number of pyridine rings is 1. The molecular weight excluding hydrogens is 258 g/mol. The maximum absolute atomic E-state index is 11.0. The predicted molar refractivity (Wildman–Crippen MR) is 73.5 cm³/mol. The lowest BCUT2D eigenvalue weighted by Crippen LogP contribution is -2.13. The molecule has 0 spiro atoms. The Morgan fingerprint density at radius 1 is 1.20 bits per heavy atom. The maximum Gasteiger partial charge on any atom is 0.335 e. The summed E-state index contributed by atoms with van der Waals surface area (Å²) in [6.45, 7) is 0.502. The van der Waals surface area contributed by atoms with E-state index in [4.69, 9.17) is 10.8 Å². The minimum atomic E-state index is -0.954. The van der Waals surface area contributed by atoms with Gasteiger partial charge in [0.15, 0.2) is 0 Å². The molecule has 0 radical (unpaired) electrons. The van der Waals surface area contributed by atoms with E-state index in [1.54, 1.807) is 36.4 Å². The molecule has 0 saturated heterocycles. The Morgan fingerprint density at radius 2 is 1.90 bits per heavy atom. The Labute approximate surface area is 115 Å². The van der Waals surface area contributed by atoms with Crippen molar-refractivity contribution in [2.75, 3.05) is 5.32 Å². The number of anilines is 1. The molecule has 0 fully saturated rings. The van der Waals surface area contributed by atoms with Gasteiger partial charge in [0, 0.05) is 18.4 Å². The molecule has 1 aromatic carbocycles. The highest BCUT2D eigenvalue weighted by atomic mass is 16.4. The third-order valence-electron chi connectivity index (χ3n) is 2.71. The lowest BCUT2D eigenvalue weighted by molar-refractivity contribution is 0.0696. The molecule has 0 aliphatic rings. The first-order valence-electron chi connectivity index (χ1n) is 5.88. The molecule has 0 aliphatic carbocycles. The number of nitrogens with zero attached hydrogens (tertiary/aromatic N) is 1. The number of primary amides is 1. The Kier molecular flexibility index (Phi) is 3.95. The second-order valence-electron chi connectivity index (χ2n) is 4.15. The molecule has 0 unspecified atom stereocenters. The fourth-order valence-electron chi connectivity index (χ4n) is 1.64. The highest BCUT2D eigenvalue weighted by molar-refractivity contribution is 5.91. The monoisotopic (exact) mass is 271 g/mol. The second-order valence-corrected chi connectivity index (χ2v) is 4.15. The van der Waals surface area contributed by atoms with Crippen molar-refractivity contribution in [1.82, 2.24) is 4.98 Å². The van der Waals surface area contributed by atoms with Gasteiger partial charge in [0.05, 0.1) is 5.56 Å². The zero-order chi connectivity index (χ0) is 14.5. The molecule has 2 rings (SSSR count). The summed E-state index contributed by atoms with van der Waals surface area (Å²) < 4.78 is 0. The Morgan fingerprint density at radius 3 is 2.50 bits per heavy atom. The van der Waals surface area contributed by atoms with Crippen LogP contribution in [0.3, 0.4) is 0 Å². The van der Waals surface area contributed by atoms with Gasteiger partial charge in [0.25, 0.3) is 5.91 Å². The summed E-state index contributed by atoms with van der Waals surface area (Å²) in [6, 6.07) is 9.83. The van der Waals surface area contributed by atoms with E-state index in [2.05, 4.69) is 10.3 Å². The van der Waals surface area contributed by atoms with Crippen molar-refractivity contribution in [3.8, 4) is 0 Å². The molecule has 2 aromatic rings. The van der Waals surface area contributed by atoms with E-state index in [0.29, 0.717) is 6.54 Å². The molecule has 6 nitrogen and oxygen atoms in total. The molecule has 1 aromatic heterocycles. The first-order chi connectivity index (χ1) is 9.56. The van der Waals surface area contributed by atoms with Crippen LogP contribution < -0.4 is 11.1 Å². The summed E-state index contributed by atoms with van der Waals surface area (Å²) in [6.07, 6.45) is 1.50. The second kappa shape index (κ2) is 5.83. The number of rotatable bonds is 5. The average Bonchev–Trinajstić information content (AvgIpc) is 2.46. The van der Waals surface area contributed by atoms with Crippen LogP contribution in [0.15, 0.2) is 42.6 Å². The van der Waals surface area contributed by atoms with Crippen LogP contribution in [-0.4, -0.2) is 22.0 Å². The van der Waals surface area contributed by atoms with E-state index in [9.17, 15) is 9.59 Å². The summed E-state index contributed by atoms with van der Waals surface area (Å²) in [7, 11) is 0. The quantitative estimate of drug-likeness (QED) is 0.764. The lowest BCUT2D eigenvalue weighted by atomic mass is 10.1. The first kappa shape index (κ1) is 13.5. The molecule has 0 saturated carbocycles. The topological polar surface area (TPSA) is 105 Å². The fraction of sp³-hybridized carbons (Fsp3) is 0.0714. The number of nitrogens with two attached hydrogens (primary N) is 1. The standard InChI is InChI=1S/C14H13N3O3/c15-13(18)12-7-11(5-6-16-12)17-8-9-1-3-10(4-2-9)14(19)20/h1-7H,8H2,(H2,15,18)(H,16,17)(H,19,20). The van der Waals surface area contributed by atoms with Gasteiger partial charge in [0.2, 0.25) is 0 Å². The number of hydrogen-bond donors (Lipinski definition) is 3. The number of carbonyl (C=O) groups is 2. The number of hydrogen-bond acceptors (Lipinski definition) is 4. The van der Waals surface area contributed by atoms with Gasteiger partial charge in [-0.3, -0.25) is 9.78 Å². The fourth-order valence-corrected chi connectivity index (χ4v) is 1.64. The van der Waals surface area contributed by atoms with E-state index in [-0.39, 0.29) is 11.3 Å². The van der Waals surface area contributed by atoms with E-state index in [1.165, 1.54) is 6.20 Å². The third kappa shape index (κ3) is 3.32. The molecule has 0 atom stereocenters. The van der Waals surface area contributed by atoms with Gasteiger partial charge >= 0.3 is 5.97 Å². The molecule has 20 heavy (non-hydrogen) atoms. The summed E-state index contributed by atoms with van der Waals surface area (Å²) >= 11 is 0. The van der Waals surface area contributed by atoms with Gasteiger partial charge in [-0.25, -0.2) is 4.79 Å². The van der Waals surface area contributed by atoms with Gasteiger partial charge < -0.3 is 16.2 Å². The number of aromatic nitrogens is 1. The Balaban J connectivity index is 2.03. The van der Waals surface area contributed by atoms with E-state index in [0.717, 1.165) is 11.3 Å². The molecular formula is C14H13N3O3. The van der Waals surface area contributed by atoms with Crippen molar-refractivity contribution in [3.63, 3.8) is 0 Å². The largest absolute Gasteiger partial charge is 0.478 e. The van der Waals surface area contributed by atoms with Crippen molar-refractivity contribution in [3.05, 3.63) is 59.4 Å². The summed E-state index contributed by atoms with van der Waals surface area (Å²) in [4.78, 5) is 25.6. The predicted octanol–water partition coefficient (Wildman–Crippen LogP) is 1.49. The van der Waals surface area contributed by atoms with Gasteiger partial charge in [0.1, 0.15) is 5.69 Å². The van der Waals surface area contributed by atoms with Crippen LogP contribution in [0.1, 0.15) is 26.4 Å². The smallest absolute Gasteiger partial charge is 0.335 e. The average molecular weight is 271 g/mol. The van der Waals surface area contributed by atoms with Crippen molar-refractivity contribution < 1.29 is 14.7 Å². The van der Waals surface area contributed by atoms with Gasteiger partial charge in [-0.1, -0.05) is 12.1 Å². The van der Waals surface area contributed by atoms with Crippen molar-refractivity contribution in [2.24, 2.45) is 5.73 Å². The highest BCUT2D eigenvalue weighted by Crippen LogP contribution is 2.11. The van der Waals surface area contributed by atoms with E-state index in [1.807, 2.05) is 0 Å². The van der Waals surface area contributed by atoms with Gasteiger partial charge in [-0.2, -0.15) is 0 Å². The molecule has 0 bridgehead atoms. The summed E-state index contributed by atoms with van der Waals surface area (Å²) in [5, 5.41) is 11.9. The number of carboxylic acids is 1. The lowest BCUT2D eigenvalue weighted by Gasteiger charge is -2.07. The molecule has 1 heterocycles. The number of aromatic carboxylic acids is 1. The number of nitrogens with one attached hydrogen (secondary N) is 1. The number of benzene rings is 1. The first-order valence-corrected chi connectivity index (χ1v) is 5.88. The maximum atomic E-state index is 11.0. The summed E-state index contributed by atoms with van der Waals surface area (Å²) in [5.74, 6) is -1.54. The van der Waals surface area contributed by atoms with Crippen LogP contribution in [0.25, 0.3) is 0 Å². The number of carboxylic acid groups (broad SMARTS) is 1. The van der Waals surface area contributed by atoms with Crippen LogP contribution in [-0.2, 0) is 6.54 Å². The highest BCUT2D eigenvalue weighted by Gasteiger charge is 2.04. The normalized spacial score (nSPS) is 10.0. The molecule has 1 amide bonds. The minimum Gasteiger partial charge on any atom is -0.478 e. The van der Waals surface area contributed by atoms with Crippen LogP contribution in [0.2, 0.25) is 0 Å². The minimum absolute atomic E-state index is 0.191. The van der Waals surface area contributed by atoms with Crippen LogP contribution in [0, 0.1) is 0 Å². The van der Waals surface area contributed by atoms with Gasteiger partial charge in [-0.05, 0) is 29.8 Å². The Bertz CT molecular complexity index is 638. The zero-order valence-corrected chi connectivity index (χ0v) is 10.5. The number of carbonyl (C=O) groups excluding carboxylic acids is 1. The molecule has 6 heteroatoms. The SMILES string of the molecule is NC(=O)c1cc(NCc2ccc(C(=O)O)cc2)ccn1. The molecule has 102 valence electrons. The van der Waals surface area contributed by atoms with E-state index < -0.39 is 11.9 Å². The number of amides is 1. The molecule has 0 aliphatic heterocycles. The zero-order valence-electron chi connectivity index (χ0n) is 10.5. The van der Waals surface area contributed by atoms with E-state index >= 15 is 0 Å². The Hall–Kier alpha value is -2.89. The third-order valence-corrected chi connectivity index (χ3v) is 2.71.